The van der Waals surface area contributed by atoms with Crippen molar-refractivity contribution in [3.63, 3.8) is 0 Å². The summed E-state index contributed by atoms with van der Waals surface area (Å²) in [6.07, 6.45) is 3.39. The summed E-state index contributed by atoms with van der Waals surface area (Å²) in [6.45, 7) is 1.46. The molecule has 1 aliphatic heterocycles. The van der Waals surface area contributed by atoms with Crippen LogP contribution in [0.25, 0.3) is 0 Å². The Labute approximate surface area is 123 Å². The maximum Gasteiger partial charge on any atom is 0.341 e. The third-order valence-electron chi connectivity index (χ3n) is 3.59. The lowest BCUT2D eigenvalue weighted by molar-refractivity contribution is 0.0216. The third-order valence-corrected chi connectivity index (χ3v) is 4.99. The van der Waals surface area contributed by atoms with Gasteiger partial charge in [0.25, 0.3) is 0 Å². The van der Waals surface area contributed by atoms with E-state index in [4.69, 9.17) is 4.74 Å². The molecule has 0 bridgehead atoms. The summed E-state index contributed by atoms with van der Waals surface area (Å²) < 4.78 is 53.2. The first-order chi connectivity index (χ1) is 9.91. The number of alkyl halides is 2. The second kappa shape index (κ2) is 6.70. The van der Waals surface area contributed by atoms with Gasteiger partial charge >= 0.3 is 5.76 Å². The topological polar surface area (TPSA) is 46.6 Å². The predicted octanol–water partition coefficient (Wildman–Crippen LogP) is 2.69. The molecule has 1 unspecified atom stereocenters. The molecule has 1 aliphatic rings. The quantitative estimate of drug-likeness (QED) is 0.837. The Bertz CT molecular complexity index is 554. The van der Waals surface area contributed by atoms with Crippen molar-refractivity contribution in [2.24, 2.45) is 0 Å². The molecular weight excluding hydrogens is 300 g/mol. The zero-order chi connectivity index (χ0) is 15.5. The number of halogens is 2. The molecule has 21 heavy (non-hydrogen) atoms. The lowest BCUT2D eigenvalue weighted by Gasteiger charge is -2.28. The van der Waals surface area contributed by atoms with Gasteiger partial charge < -0.3 is 9.64 Å². The highest BCUT2D eigenvalue weighted by Gasteiger charge is 2.26. The molecular formula is C14H19F2NO3S. The Morgan fingerprint density at radius 3 is 2.48 bits per heavy atom. The molecule has 0 spiro atoms. The number of hydrogen-bond donors (Lipinski definition) is 0. The van der Waals surface area contributed by atoms with Crippen molar-refractivity contribution in [2.45, 2.75) is 36.0 Å². The van der Waals surface area contributed by atoms with Gasteiger partial charge in [0.15, 0.2) is 0 Å². The number of ether oxygens (including phenoxy) is 1. The van der Waals surface area contributed by atoms with Gasteiger partial charge in [-0.3, -0.25) is 0 Å². The van der Waals surface area contributed by atoms with Crippen molar-refractivity contribution >= 4 is 15.5 Å². The highest BCUT2D eigenvalue weighted by molar-refractivity contribution is 7.91. The van der Waals surface area contributed by atoms with Gasteiger partial charge in [-0.15, -0.1) is 0 Å². The number of hydrogen-bond acceptors (Lipinski definition) is 4. The highest BCUT2D eigenvalue weighted by atomic mass is 32.2. The minimum atomic E-state index is -4.52. The number of sulfone groups is 1. The van der Waals surface area contributed by atoms with E-state index in [1.807, 2.05) is 11.9 Å². The zero-order valence-corrected chi connectivity index (χ0v) is 12.7. The van der Waals surface area contributed by atoms with Crippen molar-refractivity contribution in [1.82, 2.24) is 0 Å². The van der Waals surface area contributed by atoms with E-state index in [1.165, 1.54) is 24.3 Å². The number of rotatable bonds is 5. The van der Waals surface area contributed by atoms with Gasteiger partial charge in [0.1, 0.15) is 0 Å². The molecule has 1 heterocycles. The standard InChI is InChI=1S/C14H19F2NO3S/c1-17(10-12-4-2-3-9-20-12)11-5-7-13(8-6-11)21(18,19)14(15)16/h5-8,12,14H,2-4,9-10H2,1H3. The van der Waals surface area contributed by atoms with E-state index in [0.717, 1.165) is 31.6 Å². The van der Waals surface area contributed by atoms with Crippen LogP contribution in [0.3, 0.4) is 0 Å². The Balaban J connectivity index is 2.04. The Morgan fingerprint density at radius 2 is 1.95 bits per heavy atom. The molecule has 7 heteroatoms. The van der Waals surface area contributed by atoms with Crippen molar-refractivity contribution in [1.29, 1.82) is 0 Å². The Morgan fingerprint density at radius 1 is 1.29 bits per heavy atom. The van der Waals surface area contributed by atoms with Gasteiger partial charge in [-0.05, 0) is 43.5 Å². The van der Waals surface area contributed by atoms with Gasteiger partial charge in [-0.2, -0.15) is 8.78 Å². The molecule has 1 fully saturated rings. The zero-order valence-electron chi connectivity index (χ0n) is 11.8. The average molecular weight is 319 g/mol. The monoisotopic (exact) mass is 319 g/mol. The summed E-state index contributed by atoms with van der Waals surface area (Å²) in [6, 6.07) is 5.51. The molecule has 1 saturated heterocycles. The summed E-state index contributed by atoms with van der Waals surface area (Å²) in [7, 11) is -2.65. The van der Waals surface area contributed by atoms with Crippen LogP contribution in [-0.2, 0) is 14.6 Å². The molecule has 2 rings (SSSR count). The van der Waals surface area contributed by atoms with Crippen LogP contribution in [0.1, 0.15) is 19.3 Å². The lowest BCUT2D eigenvalue weighted by atomic mass is 10.1. The van der Waals surface area contributed by atoms with Crippen molar-refractivity contribution in [2.75, 3.05) is 25.1 Å². The smallest absolute Gasteiger partial charge is 0.341 e. The average Bonchev–Trinajstić information content (AvgIpc) is 2.48. The fraction of sp³-hybridized carbons (Fsp3) is 0.571. The van der Waals surface area contributed by atoms with Crippen LogP contribution in [0, 0.1) is 0 Å². The van der Waals surface area contributed by atoms with E-state index in [-0.39, 0.29) is 11.0 Å². The third kappa shape index (κ3) is 3.91. The van der Waals surface area contributed by atoms with E-state index >= 15 is 0 Å². The maximum atomic E-state index is 12.5. The summed E-state index contributed by atoms with van der Waals surface area (Å²) >= 11 is 0. The van der Waals surface area contributed by atoms with Gasteiger partial charge in [-0.25, -0.2) is 8.42 Å². The Hall–Kier alpha value is -1.21. The van der Waals surface area contributed by atoms with Crippen LogP contribution >= 0.6 is 0 Å². The second-order valence-electron chi connectivity index (χ2n) is 5.17. The lowest BCUT2D eigenvalue weighted by Crippen LogP contribution is -2.33. The fourth-order valence-electron chi connectivity index (χ4n) is 2.36. The van der Waals surface area contributed by atoms with Crippen LogP contribution in [0.4, 0.5) is 14.5 Å². The number of likely N-dealkylation sites (N-methyl/N-ethyl adjacent to an activating group) is 1. The highest BCUT2D eigenvalue weighted by Crippen LogP contribution is 2.23. The maximum absolute atomic E-state index is 12.5. The van der Waals surface area contributed by atoms with Gasteiger partial charge in [0, 0.05) is 25.9 Å². The van der Waals surface area contributed by atoms with Crippen molar-refractivity contribution in [3.8, 4) is 0 Å². The van der Waals surface area contributed by atoms with Crippen molar-refractivity contribution in [3.05, 3.63) is 24.3 Å². The molecule has 0 N–H and O–H groups in total. The molecule has 4 nitrogen and oxygen atoms in total. The first-order valence-corrected chi connectivity index (χ1v) is 8.41. The Kier molecular flexibility index (Phi) is 5.16. The van der Waals surface area contributed by atoms with E-state index < -0.39 is 15.6 Å². The molecule has 0 amide bonds. The number of anilines is 1. The normalized spacial score (nSPS) is 19.7. The van der Waals surface area contributed by atoms with E-state index in [0.29, 0.717) is 6.54 Å². The molecule has 0 aromatic heterocycles. The summed E-state index contributed by atoms with van der Waals surface area (Å²) in [5, 5.41) is 0. The molecule has 0 radical (unpaired) electrons. The van der Waals surface area contributed by atoms with E-state index in [9.17, 15) is 17.2 Å². The first-order valence-electron chi connectivity index (χ1n) is 6.86. The molecule has 1 atom stereocenters. The van der Waals surface area contributed by atoms with Gasteiger partial charge in [0.05, 0.1) is 11.0 Å². The molecule has 118 valence electrons. The SMILES string of the molecule is CN(CC1CCCCO1)c1ccc(S(=O)(=O)C(F)F)cc1. The minimum Gasteiger partial charge on any atom is -0.376 e. The van der Waals surface area contributed by atoms with Gasteiger partial charge in [-0.1, -0.05) is 0 Å². The van der Waals surface area contributed by atoms with Gasteiger partial charge in [0.2, 0.25) is 9.84 Å². The number of nitrogens with zero attached hydrogens (tertiary/aromatic N) is 1. The van der Waals surface area contributed by atoms with Crippen LogP contribution in [-0.4, -0.2) is 40.5 Å². The first kappa shape index (κ1) is 16.2. The van der Waals surface area contributed by atoms with Crippen LogP contribution in [0.5, 0.6) is 0 Å². The summed E-state index contributed by atoms with van der Waals surface area (Å²) in [5.74, 6) is -3.39. The van der Waals surface area contributed by atoms with E-state index in [1.54, 1.807) is 0 Å². The second-order valence-corrected chi connectivity index (χ2v) is 7.09. The fourth-order valence-corrected chi connectivity index (χ4v) is 3.08. The number of benzene rings is 1. The molecule has 0 aliphatic carbocycles. The summed E-state index contributed by atoms with van der Waals surface area (Å²) in [5.41, 5.74) is 0.775. The van der Waals surface area contributed by atoms with Crippen molar-refractivity contribution < 1.29 is 21.9 Å². The summed E-state index contributed by atoms with van der Waals surface area (Å²) in [4.78, 5) is 1.58. The van der Waals surface area contributed by atoms with E-state index in [2.05, 4.69) is 0 Å². The molecule has 1 aromatic carbocycles. The van der Waals surface area contributed by atoms with Crippen LogP contribution < -0.4 is 4.90 Å². The van der Waals surface area contributed by atoms with Crippen LogP contribution in [0.2, 0.25) is 0 Å². The largest absolute Gasteiger partial charge is 0.376 e. The van der Waals surface area contributed by atoms with Crippen LogP contribution in [0.15, 0.2) is 29.2 Å². The minimum absolute atomic E-state index is 0.160. The molecule has 0 saturated carbocycles. The molecule has 1 aromatic rings. The predicted molar refractivity (Wildman–Crippen MR) is 76.5 cm³/mol.